The molecule has 0 spiro atoms. The van der Waals surface area contributed by atoms with Crippen molar-refractivity contribution >= 4 is 11.9 Å². The third kappa shape index (κ3) is 5.18. The van der Waals surface area contributed by atoms with E-state index in [0.29, 0.717) is 17.8 Å². The van der Waals surface area contributed by atoms with Crippen LogP contribution in [0, 0.1) is 20.8 Å². The van der Waals surface area contributed by atoms with Crippen LogP contribution in [0.15, 0.2) is 47.5 Å². The second-order valence-electron chi connectivity index (χ2n) is 9.99. The first-order valence-corrected chi connectivity index (χ1v) is 11.9. The van der Waals surface area contributed by atoms with Crippen LogP contribution in [-0.2, 0) is 0 Å². The van der Waals surface area contributed by atoms with Gasteiger partial charge in [-0.2, -0.15) is 0 Å². The molecule has 0 aliphatic heterocycles. The molecule has 3 aromatic rings. The van der Waals surface area contributed by atoms with Crippen LogP contribution in [0.1, 0.15) is 98.4 Å². The van der Waals surface area contributed by atoms with Gasteiger partial charge in [0.15, 0.2) is 0 Å². The van der Waals surface area contributed by atoms with Gasteiger partial charge in [0.1, 0.15) is 0 Å². The molecular weight excluding hydrogens is 388 g/mol. The lowest BCUT2D eigenvalue weighted by atomic mass is 9.83. The van der Waals surface area contributed by atoms with Crippen molar-refractivity contribution in [2.24, 2.45) is 4.99 Å². The molecule has 3 rings (SSSR count). The van der Waals surface area contributed by atoms with E-state index in [-0.39, 0.29) is 0 Å². The molecule has 1 heterocycles. The van der Waals surface area contributed by atoms with Crippen molar-refractivity contribution in [2.75, 3.05) is 0 Å². The van der Waals surface area contributed by atoms with Gasteiger partial charge in [-0.25, -0.2) is 4.98 Å². The Hall–Kier alpha value is -2.74. The lowest BCUT2D eigenvalue weighted by Crippen LogP contribution is -2.05. The number of benzene rings is 2. The first-order valence-electron chi connectivity index (χ1n) is 11.9. The zero-order valence-corrected chi connectivity index (χ0v) is 21.2. The monoisotopic (exact) mass is 426 g/mol. The molecule has 2 aromatic carbocycles. The van der Waals surface area contributed by atoms with Crippen molar-refractivity contribution in [2.45, 2.75) is 80.1 Å². The van der Waals surface area contributed by atoms with Gasteiger partial charge < -0.3 is 0 Å². The summed E-state index contributed by atoms with van der Waals surface area (Å²) in [4.78, 5) is 9.86. The van der Waals surface area contributed by atoms with E-state index in [1.807, 2.05) is 12.3 Å². The molecule has 168 valence electrons. The van der Waals surface area contributed by atoms with E-state index in [2.05, 4.69) is 98.7 Å². The van der Waals surface area contributed by atoms with E-state index in [9.17, 15) is 0 Å². The first-order chi connectivity index (χ1) is 15.1. The maximum Gasteiger partial charge on any atom is 0.0820 e. The highest BCUT2D eigenvalue weighted by atomic mass is 14.8. The Bertz CT molecular complexity index is 1080. The summed E-state index contributed by atoms with van der Waals surface area (Å²) in [5.74, 6) is 1.36. The summed E-state index contributed by atoms with van der Waals surface area (Å²) >= 11 is 0. The van der Waals surface area contributed by atoms with Crippen molar-refractivity contribution in [3.05, 3.63) is 81.5 Å². The summed E-state index contributed by atoms with van der Waals surface area (Å²) in [7, 11) is 0. The molecule has 0 aliphatic carbocycles. The number of pyridine rings is 1. The normalized spacial score (nSPS) is 12.0. The Morgan fingerprint density at radius 2 is 1.31 bits per heavy atom. The minimum absolute atomic E-state index is 0.429. The molecular formula is C30H38N2. The molecule has 0 aliphatic rings. The molecule has 2 heteroatoms. The van der Waals surface area contributed by atoms with Crippen LogP contribution in [0.4, 0.5) is 5.69 Å². The van der Waals surface area contributed by atoms with E-state index in [0.717, 1.165) is 17.1 Å². The molecule has 1 aromatic heterocycles. The Morgan fingerprint density at radius 3 is 1.81 bits per heavy atom. The average Bonchev–Trinajstić information content (AvgIpc) is 2.72. The van der Waals surface area contributed by atoms with Gasteiger partial charge in [-0.15, -0.1) is 0 Å². The van der Waals surface area contributed by atoms with Crippen LogP contribution in [0.5, 0.6) is 0 Å². The smallest absolute Gasteiger partial charge is 0.0820 e. The summed E-state index contributed by atoms with van der Waals surface area (Å²) in [5.41, 5.74) is 12.1. The molecule has 32 heavy (non-hydrogen) atoms. The third-order valence-electron chi connectivity index (χ3n) is 6.12. The second kappa shape index (κ2) is 9.81. The predicted octanol–water partition coefficient (Wildman–Crippen LogP) is 8.79. The lowest BCUT2D eigenvalue weighted by Gasteiger charge is -2.22. The minimum atomic E-state index is 0.429. The summed E-state index contributed by atoms with van der Waals surface area (Å²) in [6.07, 6.45) is 1.90. The SMILES string of the molecule is Cc1cc(C)c(N=Cc2cccc(-c3c(C(C)C)cc(C(C)C)cc3C(C)C)n2)c(C)c1. The van der Waals surface area contributed by atoms with Gasteiger partial charge >= 0.3 is 0 Å². The Morgan fingerprint density at radius 1 is 0.750 bits per heavy atom. The summed E-state index contributed by atoms with van der Waals surface area (Å²) in [6.45, 7) is 20.0. The summed E-state index contributed by atoms with van der Waals surface area (Å²) in [5, 5.41) is 0. The number of hydrogen-bond donors (Lipinski definition) is 0. The molecule has 0 radical (unpaired) electrons. The van der Waals surface area contributed by atoms with E-state index in [4.69, 9.17) is 9.98 Å². The number of aryl methyl sites for hydroxylation is 3. The summed E-state index contributed by atoms with van der Waals surface area (Å²) in [6, 6.07) is 15.4. The van der Waals surface area contributed by atoms with Gasteiger partial charge in [0, 0.05) is 5.56 Å². The molecule has 0 unspecified atom stereocenters. The van der Waals surface area contributed by atoms with Gasteiger partial charge in [0.2, 0.25) is 0 Å². The van der Waals surface area contributed by atoms with Crippen molar-refractivity contribution < 1.29 is 0 Å². The highest BCUT2D eigenvalue weighted by Crippen LogP contribution is 2.38. The Balaban J connectivity index is 2.12. The predicted molar refractivity (Wildman–Crippen MR) is 140 cm³/mol. The molecule has 0 bridgehead atoms. The standard InChI is InChI=1S/C30H38N2/c1-18(2)24-15-26(19(3)4)29(27(16-24)20(5)6)28-12-10-11-25(32-28)17-31-30-22(8)13-21(7)14-23(30)9/h10-20H,1-9H3. The average molecular weight is 427 g/mol. The van der Waals surface area contributed by atoms with Crippen LogP contribution in [0.3, 0.4) is 0 Å². The molecule has 2 nitrogen and oxygen atoms in total. The number of rotatable bonds is 6. The van der Waals surface area contributed by atoms with Crippen molar-refractivity contribution in [1.82, 2.24) is 4.98 Å². The van der Waals surface area contributed by atoms with Gasteiger partial charge in [0.05, 0.1) is 23.3 Å². The molecule has 0 atom stereocenters. The van der Waals surface area contributed by atoms with E-state index >= 15 is 0 Å². The third-order valence-corrected chi connectivity index (χ3v) is 6.12. The zero-order valence-electron chi connectivity index (χ0n) is 21.2. The fourth-order valence-corrected chi connectivity index (χ4v) is 4.42. The maximum absolute atomic E-state index is 5.05. The fourth-order valence-electron chi connectivity index (χ4n) is 4.42. The van der Waals surface area contributed by atoms with Crippen molar-refractivity contribution in [3.63, 3.8) is 0 Å². The quantitative estimate of drug-likeness (QED) is 0.361. The van der Waals surface area contributed by atoms with E-state index < -0.39 is 0 Å². The topological polar surface area (TPSA) is 25.2 Å². The lowest BCUT2D eigenvalue weighted by molar-refractivity contribution is 0.806. The fraction of sp³-hybridized carbons (Fsp3) is 0.400. The zero-order chi connectivity index (χ0) is 23.6. The number of hydrogen-bond acceptors (Lipinski definition) is 2. The van der Waals surface area contributed by atoms with E-state index in [1.165, 1.54) is 38.9 Å². The van der Waals surface area contributed by atoms with Gasteiger partial charge in [-0.1, -0.05) is 77.4 Å². The van der Waals surface area contributed by atoms with Crippen LogP contribution in [0.25, 0.3) is 11.3 Å². The Labute approximate surface area is 194 Å². The highest BCUT2D eigenvalue weighted by molar-refractivity contribution is 5.82. The molecule has 0 saturated carbocycles. The van der Waals surface area contributed by atoms with Crippen LogP contribution >= 0.6 is 0 Å². The number of aliphatic imine (C=N–C) groups is 1. The van der Waals surface area contributed by atoms with Gasteiger partial charge in [0.25, 0.3) is 0 Å². The molecule has 0 N–H and O–H groups in total. The minimum Gasteiger partial charge on any atom is -0.254 e. The molecule has 0 saturated heterocycles. The van der Waals surface area contributed by atoms with E-state index in [1.54, 1.807) is 0 Å². The molecule has 0 fully saturated rings. The Kier molecular flexibility index (Phi) is 7.33. The van der Waals surface area contributed by atoms with Gasteiger partial charge in [-0.3, -0.25) is 4.99 Å². The van der Waals surface area contributed by atoms with Crippen molar-refractivity contribution in [3.8, 4) is 11.3 Å². The number of aromatic nitrogens is 1. The van der Waals surface area contributed by atoms with Crippen LogP contribution in [0.2, 0.25) is 0 Å². The first kappa shape index (κ1) is 23.9. The molecule has 0 amide bonds. The van der Waals surface area contributed by atoms with Crippen molar-refractivity contribution in [1.29, 1.82) is 0 Å². The largest absolute Gasteiger partial charge is 0.254 e. The maximum atomic E-state index is 5.05. The highest BCUT2D eigenvalue weighted by Gasteiger charge is 2.19. The summed E-state index contributed by atoms with van der Waals surface area (Å²) < 4.78 is 0. The van der Waals surface area contributed by atoms with Crippen LogP contribution < -0.4 is 0 Å². The number of nitrogens with zero attached hydrogens (tertiary/aromatic N) is 2. The second-order valence-corrected chi connectivity index (χ2v) is 9.99. The van der Waals surface area contributed by atoms with Crippen LogP contribution in [-0.4, -0.2) is 11.2 Å². The van der Waals surface area contributed by atoms with Gasteiger partial charge in [-0.05, 0) is 78.5 Å².